The number of aryl methyl sites for hydroxylation is 1. The molecule has 4 heteroatoms. The van der Waals surface area contributed by atoms with E-state index in [0.29, 0.717) is 5.89 Å². The van der Waals surface area contributed by atoms with Crippen molar-refractivity contribution in [2.75, 3.05) is 0 Å². The number of rotatable bonds is 1. The maximum absolute atomic E-state index is 6.11. The highest BCUT2D eigenvalue weighted by Gasteiger charge is 2.34. The van der Waals surface area contributed by atoms with Crippen LogP contribution < -0.4 is 0 Å². The first-order chi connectivity index (χ1) is 12.6. The van der Waals surface area contributed by atoms with E-state index in [4.69, 9.17) is 13.8 Å². The Kier molecular flexibility index (Phi) is 3.07. The van der Waals surface area contributed by atoms with Crippen LogP contribution in [0.4, 0.5) is 0 Å². The molecule has 2 aromatic carbocycles. The smallest absolute Gasteiger partial charge is 0.227 e. The fourth-order valence-electron chi connectivity index (χ4n) is 4.01. The Morgan fingerprint density at radius 2 is 1.63 bits per heavy atom. The molecule has 1 aliphatic carbocycles. The summed E-state index contributed by atoms with van der Waals surface area (Å²) in [4.78, 5) is 9.38. The molecule has 2 heterocycles. The Hall–Kier alpha value is -2.62. The minimum atomic E-state index is -0.129. The summed E-state index contributed by atoms with van der Waals surface area (Å²) >= 11 is 0. The number of oxazole rings is 2. The number of nitrogens with zero attached hydrogens (tertiary/aromatic N) is 2. The molecule has 138 valence electrons. The van der Waals surface area contributed by atoms with Gasteiger partial charge in [-0.05, 0) is 47.6 Å². The largest absolute Gasteiger partial charge is 0.440 e. The zero-order valence-corrected chi connectivity index (χ0v) is 16.7. The predicted molar refractivity (Wildman–Crippen MR) is 107 cm³/mol. The van der Waals surface area contributed by atoms with Crippen LogP contribution in [-0.4, -0.2) is 9.97 Å². The molecule has 0 fully saturated rings. The number of fused-ring (bicyclic) bond motifs is 3. The molecular formula is C23H24N2O2. The Bertz CT molecular complexity index is 1170. The van der Waals surface area contributed by atoms with Crippen LogP contribution >= 0.6 is 0 Å². The second-order valence-corrected chi connectivity index (χ2v) is 9.46. The second-order valence-electron chi connectivity index (χ2n) is 9.46. The molecule has 4 aromatic rings. The van der Waals surface area contributed by atoms with Crippen LogP contribution in [0, 0.1) is 6.92 Å². The zero-order chi connectivity index (χ0) is 19.1. The van der Waals surface area contributed by atoms with Crippen LogP contribution in [0.5, 0.6) is 0 Å². The monoisotopic (exact) mass is 360 g/mol. The van der Waals surface area contributed by atoms with Crippen molar-refractivity contribution in [3.05, 3.63) is 46.8 Å². The van der Waals surface area contributed by atoms with Crippen molar-refractivity contribution in [1.82, 2.24) is 9.97 Å². The Balaban J connectivity index is 1.62. The van der Waals surface area contributed by atoms with E-state index >= 15 is 0 Å². The maximum atomic E-state index is 6.11. The number of aromatic nitrogens is 2. The summed E-state index contributed by atoms with van der Waals surface area (Å²) < 4.78 is 12.1. The molecule has 0 amide bonds. The molecule has 1 aliphatic rings. The third-order valence-electron chi connectivity index (χ3n) is 5.58. The molecule has 0 bridgehead atoms. The molecule has 0 saturated heterocycles. The summed E-state index contributed by atoms with van der Waals surface area (Å²) in [5, 5.41) is 0. The Labute approximate surface area is 158 Å². The van der Waals surface area contributed by atoms with Gasteiger partial charge in [-0.2, -0.15) is 0 Å². The molecule has 0 saturated carbocycles. The van der Waals surface area contributed by atoms with Crippen molar-refractivity contribution >= 4 is 22.2 Å². The second kappa shape index (κ2) is 5.00. The van der Waals surface area contributed by atoms with Gasteiger partial charge in [-0.1, -0.05) is 40.7 Å². The lowest BCUT2D eigenvalue weighted by Gasteiger charge is -2.38. The molecule has 27 heavy (non-hydrogen) atoms. The minimum absolute atomic E-state index is 0.129. The van der Waals surface area contributed by atoms with E-state index in [1.807, 2.05) is 12.1 Å². The van der Waals surface area contributed by atoms with Gasteiger partial charge in [0.15, 0.2) is 11.2 Å². The number of hydrogen-bond acceptors (Lipinski definition) is 4. The molecule has 2 aromatic heterocycles. The minimum Gasteiger partial charge on any atom is -0.440 e. The van der Waals surface area contributed by atoms with E-state index in [0.717, 1.165) is 40.1 Å². The summed E-state index contributed by atoms with van der Waals surface area (Å²) in [5.74, 6) is 1.39. The van der Waals surface area contributed by atoms with Crippen LogP contribution in [0.3, 0.4) is 0 Å². The van der Waals surface area contributed by atoms with Crippen molar-refractivity contribution in [3.63, 3.8) is 0 Å². The molecule has 0 N–H and O–H groups in total. The molecule has 0 unspecified atom stereocenters. The Morgan fingerprint density at radius 3 is 2.33 bits per heavy atom. The van der Waals surface area contributed by atoms with Gasteiger partial charge in [0.1, 0.15) is 11.0 Å². The molecule has 0 spiro atoms. The summed E-state index contributed by atoms with van der Waals surface area (Å²) in [5.41, 5.74) is 8.37. The van der Waals surface area contributed by atoms with E-state index in [1.54, 1.807) is 0 Å². The highest BCUT2D eigenvalue weighted by molar-refractivity contribution is 5.90. The summed E-state index contributed by atoms with van der Waals surface area (Å²) in [7, 11) is 0. The van der Waals surface area contributed by atoms with Crippen molar-refractivity contribution in [1.29, 1.82) is 0 Å². The molecular weight excluding hydrogens is 336 g/mol. The molecule has 0 radical (unpaired) electrons. The lowest BCUT2D eigenvalue weighted by Crippen LogP contribution is -2.32. The SMILES string of the molecule is Cc1cc2c(cc1-c1nc3cc4nc(C(C)(C)C)oc4cc3o1)CC2(C)C. The van der Waals surface area contributed by atoms with Gasteiger partial charge in [0.2, 0.25) is 11.8 Å². The average Bonchev–Trinajstić information content (AvgIpc) is 3.15. The number of hydrogen-bond donors (Lipinski definition) is 0. The normalized spacial score (nSPS) is 15.9. The van der Waals surface area contributed by atoms with E-state index in [1.165, 1.54) is 16.7 Å². The highest BCUT2D eigenvalue weighted by atomic mass is 16.4. The highest BCUT2D eigenvalue weighted by Crippen LogP contribution is 2.43. The number of benzene rings is 2. The van der Waals surface area contributed by atoms with E-state index < -0.39 is 0 Å². The van der Waals surface area contributed by atoms with E-state index in [-0.39, 0.29) is 10.8 Å². The van der Waals surface area contributed by atoms with Gasteiger partial charge in [-0.3, -0.25) is 0 Å². The van der Waals surface area contributed by atoms with Gasteiger partial charge in [-0.25, -0.2) is 9.97 Å². The third kappa shape index (κ3) is 2.43. The zero-order valence-electron chi connectivity index (χ0n) is 16.7. The first-order valence-electron chi connectivity index (χ1n) is 9.48. The van der Waals surface area contributed by atoms with Crippen molar-refractivity contribution in [3.8, 4) is 11.5 Å². The van der Waals surface area contributed by atoms with Gasteiger partial charge < -0.3 is 8.83 Å². The van der Waals surface area contributed by atoms with Crippen molar-refractivity contribution in [2.24, 2.45) is 0 Å². The first-order valence-corrected chi connectivity index (χ1v) is 9.48. The summed E-state index contributed by atoms with van der Waals surface area (Å²) in [6.45, 7) is 13.0. The summed E-state index contributed by atoms with van der Waals surface area (Å²) in [6.07, 6.45) is 1.10. The van der Waals surface area contributed by atoms with Gasteiger partial charge in [0, 0.05) is 17.0 Å². The summed E-state index contributed by atoms with van der Waals surface area (Å²) in [6, 6.07) is 8.38. The standard InChI is InChI=1S/C23H24N2O2/c1-12-7-15-13(11-23(15,5)6)8-14(12)20-24-16-9-17-19(10-18(16)26-20)27-21(25-17)22(2,3)4/h7-10H,11H2,1-6H3. The van der Waals surface area contributed by atoms with Crippen LogP contribution in [0.15, 0.2) is 33.1 Å². The lowest BCUT2D eigenvalue weighted by molar-refractivity contribution is 0.411. The fraction of sp³-hybridized carbons (Fsp3) is 0.391. The van der Waals surface area contributed by atoms with Crippen molar-refractivity contribution < 1.29 is 8.83 Å². The maximum Gasteiger partial charge on any atom is 0.227 e. The molecule has 0 atom stereocenters. The quantitative estimate of drug-likeness (QED) is 0.413. The van der Waals surface area contributed by atoms with Gasteiger partial charge in [0.25, 0.3) is 0 Å². The predicted octanol–water partition coefficient (Wildman–Crippen LogP) is 6.08. The van der Waals surface area contributed by atoms with Gasteiger partial charge >= 0.3 is 0 Å². The van der Waals surface area contributed by atoms with Crippen LogP contribution in [0.1, 0.15) is 57.2 Å². The topological polar surface area (TPSA) is 52.1 Å². The lowest BCUT2D eigenvalue weighted by atomic mass is 9.66. The molecule has 5 rings (SSSR count). The van der Waals surface area contributed by atoms with Crippen LogP contribution in [0.2, 0.25) is 0 Å². The van der Waals surface area contributed by atoms with E-state index in [2.05, 4.69) is 58.7 Å². The fourth-order valence-corrected chi connectivity index (χ4v) is 4.01. The van der Waals surface area contributed by atoms with Gasteiger partial charge in [-0.15, -0.1) is 0 Å². The van der Waals surface area contributed by atoms with Gasteiger partial charge in [0.05, 0.1) is 0 Å². The molecule has 0 aliphatic heterocycles. The first kappa shape index (κ1) is 16.5. The molecule has 4 nitrogen and oxygen atoms in total. The third-order valence-corrected chi connectivity index (χ3v) is 5.58. The average molecular weight is 360 g/mol. The van der Waals surface area contributed by atoms with E-state index in [9.17, 15) is 0 Å². The van der Waals surface area contributed by atoms with Crippen molar-refractivity contribution in [2.45, 2.75) is 58.8 Å². The van der Waals surface area contributed by atoms with Crippen LogP contribution in [-0.2, 0) is 17.3 Å². The van der Waals surface area contributed by atoms with Crippen LogP contribution in [0.25, 0.3) is 33.7 Å². The Morgan fingerprint density at radius 1 is 0.926 bits per heavy atom.